The lowest BCUT2D eigenvalue weighted by Gasteiger charge is -2.07. The van der Waals surface area contributed by atoms with Gasteiger partial charge in [0.15, 0.2) is 0 Å². The molecule has 0 N–H and O–H groups in total. The number of Topliss-reactive ketones (excluding diaryl/α,β-unsaturated/α-hetero) is 1. The summed E-state index contributed by atoms with van der Waals surface area (Å²) in [4.78, 5) is 15.5. The highest BCUT2D eigenvalue weighted by molar-refractivity contribution is 6.35. The summed E-state index contributed by atoms with van der Waals surface area (Å²) in [5.41, 5.74) is 1.42. The van der Waals surface area contributed by atoms with Crippen LogP contribution >= 0.6 is 11.6 Å². The van der Waals surface area contributed by atoms with Crippen molar-refractivity contribution in [1.29, 1.82) is 0 Å². The first kappa shape index (κ1) is 11.9. The van der Waals surface area contributed by atoms with Crippen LogP contribution in [0.5, 0.6) is 5.75 Å². The van der Waals surface area contributed by atoms with Gasteiger partial charge in [0, 0.05) is 17.5 Å². The molecule has 0 radical (unpaired) electrons. The number of ether oxygens (including phenoxy) is 1. The summed E-state index contributed by atoms with van der Waals surface area (Å²) in [6.07, 6.45) is 0.325. The van der Waals surface area contributed by atoms with Crippen molar-refractivity contribution >= 4 is 28.3 Å². The van der Waals surface area contributed by atoms with Crippen LogP contribution < -0.4 is 4.74 Å². The molecule has 4 heteroatoms. The molecule has 0 fully saturated rings. The van der Waals surface area contributed by atoms with E-state index < -0.39 is 0 Å². The molecule has 3 nitrogen and oxygen atoms in total. The lowest BCUT2D eigenvalue weighted by Crippen LogP contribution is -2.00. The maximum absolute atomic E-state index is 11.1. The van der Waals surface area contributed by atoms with Gasteiger partial charge in [0.25, 0.3) is 0 Å². The van der Waals surface area contributed by atoms with E-state index in [0.29, 0.717) is 22.7 Å². The van der Waals surface area contributed by atoms with Crippen LogP contribution in [0.15, 0.2) is 24.3 Å². The standard InChI is InChI=1S/C13H12ClNO2/c1-8(16)7-9-3-4-10-11(14)5-6-12(17-2)13(10)15-9/h3-6H,7H2,1-2H3. The highest BCUT2D eigenvalue weighted by atomic mass is 35.5. The molecule has 2 rings (SSSR count). The molecule has 1 aromatic carbocycles. The van der Waals surface area contributed by atoms with Crippen LogP contribution in [0.4, 0.5) is 0 Å². The Bertz CT molecular complexity index is 581. The van der Waals surface area contributed by atoms with Crippen LogP contribution in [-0.2, 0) is 11.2 Å². The Morgan fingerprint density at radius 2 is 2.12 bits per heavy atom. The minimum atomic E-state index is 0.0813. The Kier molecular flexibility index (Phi) is 3.29. The van der Waals surface area contributed by atoms with E-state index in [1.807, 2.05) is 12.1 Å². The zero-order valence-electron chi connectivity index (χ0n) is 9.66. The molecule has 0 bridgehead atoms. The summed E-state index contributed by atoms with van der Waals surface area (Å²) < 4.78 is 5.24. The number of carbonyl (C=O) groups is 1. The van der Waals surface area contributed by atoms with Crippen molar-refractivity contribution in [3.8, 4) is 5.75 Å². The monoisotopic (exact) mass is 249 g/mol. The fourth-order valence-electron chi connectivity index (χ4n) is 1.72. The SMILES string of the molecule is COc1ccc(Cl)c2ccc(CC(C)=O)nc12. The van der Waals surface area contributed by atoms with Crippen LogP contribution in [0.2, 0.25) is 5.02 Å². The van der Waals surface area contributed by atoms with Gasteiger partial charge in [0.05, 0.1) is 12.1 Å². The van der Waals surface area contributed by atoms with Crippen LogP contribution in [0.25, 0.3) is 10.9 Å². The molecule has 1 aromatic heterocycles. The Balaban J connectivity index is 2.62. The van der Waals surface area contributed by atoms with Gasteiger partial charge in [-0.2, -0.15) is 0 Å². The number of methoxy groups -OCH3 is 1. The second-order valence-corrected chi connectivity index (χ2v) is 4.23. The van der Waals surface area contributed by atoms with E-state index in [0.717, 1.165) is 11.1 Å². The molecule has 0 aliphatic carbocycles. The number of ketones is 1. The Hall–Kier alpha value is -1.61. The summed E-state index contributed by atoms with van der Waals surface area (Å²) >= 11 is 6.08. The normalized spacial score (nSPS) is 10.5. The summed E-state index contributed by atoms with van der Waals surface area (Å²) in [7, 11) is 1.59. The molecular weight excluding hydrogens is 238 g/mol. The van der Waals surface area contributed by atoms with Crippen molar-refractivity contribution in [2.75, 3.05) is 7.11 Å². The molecule has 0 saturated carbocycles. The van der Waals surface area contributed by atoms with E-state index in [1.165, 1.54) is 0 Å². The first-order valence-electron chi connectivity index (χ1n) is 5.23. The number of halogens is 1. The van der Waals surface area contributed by atoms with Crippen LogP contribution in [-0.4, -0.2) is 17.9 Å². The van der Waals surface area contributed by atoms with Crippen molar-refractivity contribution in [2.45, 2.75) is 13.3 Å². The maximum atomic E-state index is 11.1. The molecule has 0 amide bonds. The van der Waals surface area contributed by atoms with Gasteiger partial charge in [-0.3, -0.25) is 4.79 Å². The van der Waals surface area contributed by atoms with Crippen molar-refractivity contribution in [1.82, 2.24) is 4.98 Å². The highest BCUT2D eigenvalue weighted by Crippen LogP contribution is 2.30. The summed E-state index contributed by atoms with van der Waals surface area (Å²) in [5, 5.41) is 1.46. The van der Waals surface area contributed by atoms with Crippen molar-refractivity contribution in [3.05, 3.63) is 35.0 Å². The number of fused-ring (bicyclic) bond motifs is 1. The Labute approximate surface area is 104 Å². The molecule has 17 heavy (non-hydrogen) atoms. The van der Waals surface area contributed by atoms with Gasteiger partial charge < -0.3 is 4.74 Å². The summed E-state index contributed by atoms with van der Waals surface area (Å²) in [6, 6.07) is 7.23. The van der Waals surface area contributed by atoms with Gasteiger partial charge in [-0.05, 0) is 31.2 Å². The van der Waals surface area contributed by atoms with Gasteiger partial charge in [-0.25, -0.2) is 4.98 Å². The fraction of sp³-hybridized carbons (Fsp3) is 0.231. The number of benzene rings is 1. The highest BCUT2D eigenvalue weighted by Gasteiger charge is 2.08. The molecule has 2 aromatic rings. The van der Waals surface area contributed by atoms with Crippen LogP contribution in [0.3, 0.4) is 0 Å². The number of aromatic nitrogens is 1. The Morgan fingerprint density at radius 3 is 2.76 bits per heavy atom. The molecule has 0 aliphatic heterocycles. The fourth-order valence-corrected chi connectivity index (χ4v) is 1.93. The zero-order valence-corrected chi connectivity index (χ0v) is 10.4. The lowest BCUT2D eigenvalue weighted by atomic mass is 10.1. The molecule has 0 spiro atoms. The average Bonchev–Trinajstić information content (AvgIpc) is 2.29. The first-order valence-corrected chi connectivity index (χ1v) is 5.61. The van der Waals surface area contributed by atoms with E-state index in [2.05, 4.69) is 4.98 Å². The number of nitrogens with zero attached hydrogens (tertiary/aromatic N) is 1. The molecule has 0 unspecified atom stereocenters. The Morgan fingerprint density at radius 1 is 1.35 bits per heavy atom. The third-order valence-electron chi connectivity index (χ3n) is 2.47. The van der Waals surface area contributed by atoms with E-state index in [9.17, 15) is 4.79 Å². The number of hydrogen-bond donors (Lipinski definition) is 0. The molecule has 1 heterocycles. The van der Waals surface area contributed by atoms with Crippen LogP contribution in [0, 0.1) is 0 Å². The third kappa shape index (κ3) is 2.39. The molecule has 0 aliphatic rings. The van der Waals surface area contributed by atoms with Crippen molar-refractivity contribution < 1.29 is 9.53 Å². The summed E-state index contributed by atoms with van der Waals surface area (Å²) in [5.74, 6) is 0.743. The number of pyridine rings is 1. The smallest absolute Gasteiger partial charge is 0.145 e. The van der Waals surface area contributed by atoms with Crippen molar-refractivity contribution in [3.63, 3.8) is 0 Å². The van der Waals surface area contributed by atoms with Crippen LogP contribution in [0.1, 0.15) is 12.6 Å². The number of carbonyl (C=O) groups excluding carboxylic acids is 1. The predicted octanol–water partition coefficient (Wildman–Crippen LogP) is 3.03. The maximum Gasteiger partial charge on any atom is 0.145 e. The van der Waals surface area contributed by atoms with E-state index in [-0.39, 0.29) is 5.78 Å². The number of hydrogen-bond acceptors (Lipinski definition) is 3. The van der Waals surface area contributed by atoms with Gasteiger partial charge >= 0.3 is 0 Å². The summed E-state index contributed by atoms with van der Waals surface area (Å²) in [6.45, 7) is 1.54. The average molecular weight is 250 g/mol. The van der Waals surface area contributed by atoms with E-state index in [1.54, 1.807) is 26.2 Å². The third-order valence-corrected chi connectivity index (χ3v) is 2.80. The van der Waals surface area contributed by atoms with Gasteiger partial charge in [0.2, 0.25) is 0 Å². The lowest BCUT2D eigenvalue weighted by molar-refractivity contribution is -0.116. The minimum absolute atomic E-state index is 0.0813. The van der Waals surface area contributed by atoms with E-state index in [4.69, 9.17) is 16.3 Å². The van der Waals surface area contributed by atoms with Gasteiger partial charge in [-0.1, -0.05) is 11.6 Å². The minimum Gasteiger partial charge on any atom is -0.494 e. The quantitative estimate of drug-likeness (QED) is 0.839. The second kappa shape index (κ2) is 4.72. The number of rotatable bonds is 3. The molecule has 88 valence electrons. The topological polar surface area (TPSA) is 39.2 Å². The van der Waals surface area contributed by atoms with Gasteiger partial charge in [0.1, 0.15) is 17.0 Å². The zero-order chi connectivity index (χ0) is 12.4. The molecule has 0 atom stereocenters. The molecular formula is C13H12ClNO2. The first-order chi connectivity index (χ1) is 8.11. The van der Waals surface area contributed by atoms with E-state index >= 15 is 0 Å². The van der Waals surface area contributed by atoms with Gasteiger partial charge in [-0.15, -0.1) is 0 Å². The largest absolute Gasteiger partial charge is 0.494 e. The second-order valence-electron chi connectivity index (χ2n) is 3.83. The predicted molar refractivity (Wildman–Crippen MR) is 67.7 cm³/mol. The molecule has 0 saturated heterocycles. The van der Waals surface area contributed by atoms with Crippen molar-refractivity contribution in [2.24, 2.45) is 0 Å².